The number of pyridine rings is 1. The number of rotatable bonds is 6. The smallest absolute Gasteiger partial charge is 0.187 e. The minimum Gasteiger partial charge on any atom is -0.598 e. The first-order chi connectivity index (χ1) is 18.1. The van der Waals surface area contributed by atoms with E-state index >= 15 is 0 Å². The van der Waals surface area contributed by atoms with Gasteiger partial charge in [-0.25, -0.2) is 4.98 Å². The van der Waals surface area contributed by atoms with Crippen LogP contribution in [0.5, 0.6) is 0 Å². The summed E-state index contributed by atoms with van der Waals surface area (Å²) in [5.74, 6) is 0.544. The summed E-state index contributed by atoms with van der Waals surface area (Å²) in [7, 11) is 1.89. The lowest BCUT2D eigenvalue weighted by Gasteiger charge is -2.36. The second-order valence-electron chi connectivity index (χ2n) is 10.0. The molecule has 2 unspecified atom stereocenters. The molecule has 0 radical (unpaired) electrons. The SMILES string of the molecule is Cn1cncc1C(N[S+]([O-])C(C)(C)C)(c1ccc(C#N)cc1)c1cc2cc(-c3cccnc3)cc(Br)c2o1. The summed E-state index contributed by atoms with van der Waals surface area (Å²) in [6, 6.07) is 19.3. The Balaban J connectivity index is 1.80. The van der Waals surface area contributed by atoms with Crippen LogP contribution in [0.4, 0.5) is 0 Å². The largest absolute Gasteiger partial charge is 0.598 e. The molecule has 5 aromatic rings. The van der Waals surface area contributed by atoms with Crippen molar-refractivity contribution in [3.05, 3.63) is 107 Å². The number of halogens is 1. The van der Waals surface area contributed by atoms with Crippen LogP contribution in [0, 0.1) is 11.3 Å². The van der Waals surface area contributed by atoms with Crippen molar-refractivity contribution in [1.82, 2.24) is 19.3 Å². The number of hydrogen-bond acceptors (Lipinski definition) is 6. The van der Waals surface area contributed by atoms with Crippen LogP contribution >= 0.6 is 15.9 Å². The van der Waals surface area contributed by atoms with Crippen LogP contribution in [0.25, 0.3) is 22.1 Å². The zero-order chi connectivity index (χ0) is 27.1. The third-order valence-corrected chi connectivity index (χ3v) is 8.58. The fourth-order valence-corrected chi connectivity index (χ4v) is 5.84. The van der Waals surface area contributed by atoms with E-state index in [-0.39, 0.29) is 0 Å². The molecule has 1 N–H and O–H groups in total. The molecule has 0 amide bonds. The van der Waals surface area contributed by atoms with Gasteiger partial charge in [0.2, 0.25) is 0 Å². The van der Waals surface area contributed by atoms with Gasteiger partial charge < -0.3 is 13.5 Å². The first-order valence-corrected chi connectivity index (χ1v) is 13.9. The number of hydrogen-bond donors (Lipinski definition) is 1. The lowest BCUT2D eigenvalue weighted by molar-refractivity contribution is 0.406. The molecule has 7 nitrogen and oxygen atoms in total. The van der Waals surface area contributed by atoms with Gasteiger partial charge in [-0.2, -0.15) is 5.26 Å². The first kappa shape index (κ1) is 26.2. The van der Waals surface area contributed by atoms with Gasteiger partial charge in [0.1, 0.15) is 16.1 Å². The molecular weight excluding hydrogens is 562 g/mol. The number of aryl methyl sites for hydroxylation is 1. The van der Waals surface area contributed by atoms with Crippen molar-refractivity contribution < 1.29 is 8.97 Å². The molecule has 38 heavy (non-hydrogen) atoms. The number of aromatic nitrogens is 3. The molecule has 0 fully saturated rings. The molecule has 2 atom stereocenters. The number of fused-ring (bicyclic) bond motifs is 1. The van der Waals surface area contributed by atoms with Crippen LogP contribution in [0.15, 0.2) is 88.4 Å². The third kappa shape index (κ3) is 4.65. The molecule has 0 bridgehead atoms. The fourth-order valence-electron chi connectivity index (χ4n) is 4.38. The zero-order valence-electron chi connectivity index (χ0n) is 21.4. The minimum absolute atomic E-state index is 0.526. The van der Waals surface area contributed by atoms with Crippen LogP contribution in [0.2, 0.25) is 0 Å². The van der Waals surface area contributed by atoms with E-state index in [1.165, 1.54) is 0 Å². The molecule has 0 spiro atoms. The van der Waals surface area contributed by atoms with Crippen molar-refractivity contribution in [2.24, 2.45) is 7.05 Å². The molecule has 192 valence electrons. The minimum atomic E-state index is -1.50. The topological polar surface area (TPSA) is 103 Å². The quantitative estimate of drug-likeness (QED) is 0.237. The van der Waals surface area contributed by atoms with E-state index in [0.29, 0.717) is 16.9 Å². The Labute approximate surface area is 233 Å². The third-order valence-electron chi connectivity index (χ3n) is 6.39. The summed E-state index contributed by atoms with van der Waals surface area (Å²) in [6.45, 7) is 5.74. The highest BCUT2D eigenvalue weighted by molar-refractivity contribution is 9.10. The lowest BCUT2D eigenvalue weighted by Crippen LogP contribution is -2.53. The Bertz CT molecular complexity index is 1630. The van der Waals surface area contributed by atoms with Crippen molar-refractivity contribution in [3.8, 4) is 17.2 Å². The van der Waals surface area contributed by atoms with Gasteiger partial charge in [-0.3, -0.25) is 4.98 Å². The number of nitrogens with one attached hydrogen (secondary N) is 1. The van der Waals surface area contributed by atoms with Gasteiger partial charge in [0.15, 0.2) is 5.54 Å². The van der Waals surface area contributed by atoms with Crippen molar-refractivity contribution in [3.63, 3.8) is 0 Å². The van der Waals surface area contributed by atoms with Gasteiger partial charge >= 0.3 is 0 Å². The second kappa shape index (κ2) is 10.0. The highest BCUT2D eigenvalue weighted by Crippen LogP contribution is 2.43. The molecule has 0 aliphatic heterocycles. The molecule has 9 heteroatoms. The van der Waals surface area contributed by atoms with Crippen LogP contribution in [-0.2, 0) is 23.9 Å². The molecule has 0 saturated heterocycles. The molecule has 2 aromatic carbocycles. The Morgan fingerprint density at radius 1 is 1.05 bits per heavy atom. The normalized spacial score (nSPS) is 14.2. The van der Waals surface area contributed by atoms with E-state index in [9.17, 15) is 9.81 Å². The van der Waals surface area contributed by atoms with Gasteiger partial charge in [-0.05, 0) is 84.2 Å². The number of imidazole rings is 1. The van der Waals surface area contributed by atoms with Gasteiger partial charge in [0.25, 0.3) is 0 Å². The second-order valence-corrected chi connectivity index (χ2v) is 12.9. The fraction of sp³-hybridized carbons (Fsp3) is 0.207. The van der Waals surface area contributed by atoms with Crippen LogP contribution < -0.4 is 4.72 Å². The summed E-state index contributed by atoms with van der Waals surface area (Å²) in [6.07, 6.45) is 7.01. The predicted molar refractivity (Wildman–Crippen MR) is 152 cm³/mol. The van der Waals surface area contributed by atoms with Crippen LogP contribution in [0.1, 0.15) is 43.4 Å². The Morgan fingerprint density at radius 3 is 2.42 bits per heavy atom. The number of furan rings is 1. The van der Waals surface area contributed by atoms with E-state index in [2.05, 4.69) is 42.8 Å². The monoisotopic (exact) mass is 587 g/mol. The van der Waals surface area contributed by atoms with Crippen molar-refractivity contribution in [2.75, 3.05) is 0 Å². The molecule has 0 aliphatic carbocycles. The zero-order valence-corrected chi connectivity index (χ0v) is 23.8. The Kier molecular flexibility index (Phi) is 6.92. The molecular formula is C29H26BrN5O2S. The van der Waals surface area contributed by atoms with Gasteiger partial charge in [0, 0.05) is 41.8 Å². The maximum Gasteiger partial charge on any atom is 0.187 e. The van der Waals surface area contributed by atoms with E-state index in [0.717, 1.165) is 32.2 Å². The first-order valence-electron chi connectivity index (χ1n) is 11.9. The van der Waals surface area contributed by atoms with E-state index in [1.54, 1.807) is 30.9 Å². The number of nitrogens with zero attached hydrogens (tertiary/aromatic N) is 4. The summed E-state index contributed by atoms with van der Waals surface area (Å²) in [4.78, 5) is 8.63. The Morgan fingerprint density at radius 2 is 1.82 bits per heavy atom. The summed E-state index contributed by atoms with van der Waals surface area (Å²) in [5.41, 5.74) is 3.48. The Hall–Kier alpha value is -3.42. The molecule has 5 rings (SSSR count). The van der Waals surface area contributed by atoms with Crippen LogP contribution in [0.3, 0.4) is 0 Å². The van der Waals surface area contributed by atoms with Crippen LogP contribution in [-0.4, -0.2) is 23.8 Å². The average Bonchev–Trinajstić information content (AvgIpc) is 3.54. The number of benzene rings is 2. The van der Waals surface area contributed by atoms with Crippen molar-refractivity contribution >= 4 is 38.3 Å². The average molecular weight is 589 g/mol. The highest BCUT2D eigenvalue weighted by atomic mass is 79.9. The standard InChI is InChI=1S/C29H26BrN5O2S/c1-28(2,3)38(36)34-29(25-17-33-18-35(25)4,23-9-7-19(15-31)8-10-23)26-14-22-12-21(13-24(30)27(22)37-26)20-6-5-11-32-16-20/h5-14,16-18,34H,1-4H3. The maximum absolute atomic E-state index is 13.7. The van der Waals surface area contributed by atoms with E-state index < -0.39 is 21.6 Å². The molecule has 3 aromatic heterocycles. The van der Waals surface area contributed by atoms with Crippen molar-refractivity contribution in [1.29, 1.82) is 5.26 Å². The molecule has 0 aliphatic rings. The highest BCUT2D eigenvalue weighted by Gasteiger charge is 2.48. The van der Waals surface area contributed by atoms with Gasteiger partial charge in [-0.15, -0.1) is 4.72 Å². The summed E-state index contributed by atoms with van der Waals surface area (Å²) in [5, 5.41) is 10.3. The molecule has 0 saturated carbocycles. The maximum atomic E-state index is 13.7. The number of nitriles is 1. The van der Waals surface area contributed by atoms with Gasteiger partial charge in [-0.1, -0.05) is 18.2 Å². The molecule has 3 heterocycles. The van der Waals surface area contributed by atoms with Crippen molar-refractivity contribution in [2.45, 2.75) is 31.1 Å². The summed E-state index contributed by atoms with van der Waals surface area (Å²) < 4.78 is 25.8. The van der Waals surface area contributed by atoms with E-state index in [1.807, 2.05) is 75.0 Å². The van der Waals surface area contributed by atoms with E-state index in [4.69, 9.17) is 4.42 Å². The predicted octanol–water partition coefficient (Wildman–Crippen LogP) is 6.21. The van der Waals surface area contributed by atoms with Gasteiger partial charge in [0.05, 0.1) is 34.3 Å². The lowest BCUT2D eigenvalue weighted by atomic mass is 9.84. The summed E-state index contributed by atoms with van der Waals surface area (Å²) >= 11 is 2.19.